The Balaban J connectivity index is 2.02. The number of carboxylic acids is 1. The van der Waals surface area contributed by atoms with Crippen LogP contribution in [0.2, 0.25) is 0 Å². The van der Waals surface area contributed by atoms with E-state index >= 15 is 0 Å². The Kier molecular flexibility index (Phi) is 3.53. The summed E-state index contributed by atoms with van der Waals surface area (Å²) in [7, 11) is 1.62. The lowest BCUT2D eigenvalue weighted by Gasteiger charge is -2.07. The summed E-state index contributed by atoms with van der Waals surface area (Å²) in [6.45, 7) is 0. The van der Waals surface area contributed by atoms with Crippen molar-refractivity contribution in [1.29, 1.82) is 0 Å². The SMILES string of the molecule is COc1cccc2c(Sc3ccc(C(=O)O)o3)nccc12. The molecule has 0 fully saturated rings. The van der Waals surface area contributed by atoms with Gasteiger partial charge in [0, 0.05) is 17.0 Å². The Morgan fingerprint density at radius 1 is 1.24 bits per heavy atom. The van der Waals surface area contributed by atoms with Crippen molar-refractivity contribution in [2.75, 3.05) is 7.11 Å². The number of aromatic nitrogens is 1. The van der Waals surface area contributed by atoms with Gasteiger partial charge in [-0.2, -0.15) is 0 Å². The van der Waals surface area contributed by atoms with Gasteiger partial charge in [-0.3, -0.25) is 0 Å². The molecule has 1 aromatic carbocycles. The fourth-order valence-electron chi connectivity index (χ4n) is 2.00. The van der Waals surface area contributed by atoms with Gasteiger partial charge in [0.25, 0.3) is 0 Å². The molecule has 1 N–H and O–H groups in total. The van der Waals surface area contributed by atoms with Crippen LogP contribution in [0.15, 0.2) is 57.1 Å². The first kappa shape index (κ1) is 13.5. The van der Waals surface area contributed by atoms with E-state index in [4.69, 9.17) is 14.3 Å². The van der Waals surface area contributed by atoms with Crippen molar-refractivity contribution in [3.05, 3.63) is 48.4 Å². The van der Waals surface area contributed by atoms with Crippen molar-refractivity contribution in [2.24, 2.45) is 0 Å². The summed E-state index contributed by atoms with van der Waals surface area (Å²) in [5.74, 6) is -0.410. The largest absolute Gasteiger partial charge is 0.496 e. The van der Waals surface area contributed by atoms with E-state index in [2.05, 4.69) is 4.98 Å². The highest BCUT2D eigenvalue weighted by atomic mass is 32.2. The standard InChI is InChI=1S/C15H11NO4S/c1-19-11-4-2-3-10-9(11)7-8-16-14(10)21-13-6-5-12(20-13)15(17)18/h2-8H,1H3,(H,17,18). The maximum atomic E-state index is 10.8. The summed E-state index contributed by atoms with van der Waals surface area (Å²) in [4.78, 5) is 15.2. The molecule has 3 aromatic rings. The molecule has 6 heteroatoms. The van der Waals surface area contributed by atoms with Crippen molar-refractivity contribution in [1.82, 2.24) is 4.98 Å². The number of hydrogen-bond acceptors (Lipinski definition) is 5. The van der Waals surface area contributed by atoms with Gasteiger partial charge in [-0.25, -0.2) is 9.78 Å². The number of carboxylic acid groups (broad SMARTS) is 1. The van der Waals surface area contributed by atoms with Crippen molar-refractivity contribution in [2.45, 2.75) is 10.1 Å². The minimum absolute atomic E-state index is 0.0877. The number of fused-ring (bicyclic) bond motifs is 1. The first-order valence-corrected chi connectivity index (χ1v) is 6.93. The summed E-state index contributed by atoms with van der Waals surface area (Å²) in [6, 6.07) is 10.6. The van der Waals surface area contributed by atoms with E-state index in [1.54, 1.807) is 19.4 Å². The normalized spacial score (nSPS) is 10.7. The number of methoxy groups -OCH3 is 1. The smallest absolute Gasteiger partial charge is 0.371 e. The number of ether oxygens (including phenoxy) is 1. The molecular formula is C15H11NO4S. The zero-order valence-electron chi connectivity index (χ0n) is 11.1. The number of rotatable bonds is 4. The second kappa shape index (κ2) is 5.49. The molecule has 0 atom stereocenters. The summed E-state index contributed by atoms with van der Waals surface area (Å²) >= 11 is 1.28. The molecule has 0 spiro atoms. The Morgan fingerprint density at radius 2 is 2.10 bits per heavy atom. The topological polar surface area (TPSA) is 72.6 Å². The fourth-order valence-corrected chi connectivity index (χ4v) is 2.86. The van der Waals surface area contributed by atoms with Gasteiger partial charge >= 0.3 is 5.97 Å². The predicted octanol–water partition coefficient (Wildman–Crippen LogP) is 3.69. The Morgan fingerprint density at radius 3 is 2.81 bits per heavy atom. The second-order valence-electron chi connectivity index (χ2n) is 4.20. The number of hydrogen-bond donors (Lipinski definition) is 1. The number of carbonyl (C=O) groups is 1. The molecule has 0 aliphatic carbocycles. The van der Waals surface area contributed by atoms with Gasteiger partial charge in [0.05, 0.1) is 7.11 Å². The molecule has 3 rings (SSSR count). The van der Waals surface area contributed by atoms with Crippen LogP contribution in [0.3, 0.4) is 0 Å². The minimum Gasteiger partial charge on any atom is -0.496 e. The van der Waals surface area contributed by atoms with E-state index in [0.717, 1.165) is 21.5 Å². The molecule has 2 aromatic heterocycles. The van der Waals surface area contributed by atoms with Crippen LogP contribution >= 0.6 is 11.8 Å². The molecule has 5 nitrogen and oxygen atoms in total. The summed E-state index contributed by atoms with van der Waals surface area (Å²) in [6.07, 6.45) is 1.69. The minimum atomic E-state index is -1.09. The first-order chi connectivity index (χ1) is 10.2. The van der Waals surface area contributed by atoms with E-state index in [1.165, 1.54) is 17.8 Å². The van der Waals surface area contributed by atoms with E-state index in [1.807, 2.05) is 24.3 Å². The van der Waals surface area contributed by atoms with E-state index in [9.17, 15) is 4.79 Å². The number of nitrogens with zero attached hydrogens (tertiary/aromatic N) is 1. The predicted molar refractivity (Wildman–Crippen MR) is 78.1 cm³/mol. The number of furan rings is 1. The van der Waals surface area contributed by atoms with Gasteiger partial charge in [-0.05, 0) is 36.0 Å². The number of pyridine rings is 1. The molecule has 0 radical (unpaired) electrons. The van der Waals surface area contributed by atoms with Crippen LogP contribution in [-0.2, 0) is 0 Å². The third-order valence-corrected chi connectivity index (χ3v) is 3.88. The van der Waals surface area contributed by atoms with Crippen LogP contribution in [0.4, 0.5) is 0 Å². The van der Waals surface area contributed by atoms with Gasteiger partial charge in [0.2, 0.25) is 5.76 Å². The Bertz CT molecular complexity index is 812. The van der Waals surface area contributed by atoms with E-state index in [0.29, 0.717) is 5.09 Å². The molecule has 0 aliphatic rings. The van der Waals surface area contributed by atoms with Gasteiger partial charge in [0.15, 0.2) is 5.09 Å². The van der Waals surface area contributed by atoms with Crippen molar-refractivity contribution in [3.63, 3.8) is 0 Å². The maximum absolute atomic E-state index is 10.8. The molecule has 0 amide bonds. The molecule has 0 bridgehead atoms. The molecular weight excluding hydrogens is 290 g/mol. The van der Waals surface area contributed by atoms with Crippen molar-refractivity contribution in [3.8, 4) is 5.75 Å². The lowest BCUT2D eigenvalue weighted by molar-refractivity contribution is 0.0656. The summed E-state index contributed by atoms with van der Waals surface area (Å²) in [5.41, 5.74) is 0. The third-order valence-electron chi connectivity index (χ3n) is 2.94. The lowest BCUT2D eigenvalue weighted by atomic mass is 10.1. The highest BCUT2D eigenvalue weighted by Gasteiger charge is 2.13. The average Bonchev–Trinajstić information content (AvgIpc) is 2.96. The van der Waals surface area contributed by atoms with E-state index < -0.39 is 5.97 Å². The average molecular weight is 301 g/mol. The highest BCUT2D eigenvalue weighted by Crippen LogP contribution is 2.35. The van der Waals surface area contributed by atoms with Crippen LogP contribution < -0.4 is 4.74 Å². The van der Waals surface area contributed by atoms with Gasteiger partial charge < -0.3 is 14.3 Å². The number of benzene rings is 1. The number of aromatic carboxylic acids is 1. The quantitative estimate of drug-likeness (QED) is 0.792. The van der Waals surface area contributed by atoms with E-state index in [-0.39, 0.29) is 5.76 Å². The molecule has 0 saturated carbocycles. The molecule has 106 valence electrons. The zero-order valence-corrected chi connectivity index (χ0v) is 11.9. The molecule has 21 heavy (non-hydrogen) atoms. The first-order valence-electron chi connectivity index (χ1n) is 6.12. The maximum Gasteiger partial charge on any atom is 0.371 e. The lowest BCUT2D eigenvalue weighted by Crippen LogP contribution is -1.91. The second-order valence-corrected chi connectivity index (χ2v) is 5.19. The Labute approximate surface area is 124 Å². The van der Waals surface area contributed by atoms with Gasteiger partial charge in [-0.15, -0.1) is 0 Å². The van der Waals surface area contributed by atoms with Crippen LogP contribution in [-0.4, -0.2) is 23.2 Å². The van der Waals surface area contributed by atoms with Gasteiger partial charge in [-0.1, -0.05) is 12.1 Å². The summed E-state index contributed by atoms with van der Waals surface area (Å²) in [5, 5.41) is 12.0. The molecule has 0 saturated heterocycles. The van der Waals surface area contributed by atoms with Crippen molar-refractivity contribution < 1.29 is 19.1 Å². The Hall–Kier alpha value is -2.47. The fraction of sp³-hybridized carbons (Fsp3) is 0.0667. The highest BCUT2D eigenvalue weighted by molar-refractivity contribution is 7.99. The zero-order chi connectivity index (χ0) is 14.8. The van der Waals surface area contributed by atoms with Crippen LogP contribution in [0.1, 0.15) is 10.6 Å². The molecule has 2 heterocycles. The summed E-state index contributed by atoms with van der Waals surface area (Å²) < 4.78 is 10.6. The van der Waals surface area contributed by atoms with Crippen LogP contribution in [0, 0.1) is 0 Å². The molecule has 0 unspecified atom stereocenters. The van der Waals surface area contributed by atoms with Crippen LogP contribution in [0.5, 0.6) is 5.75 Å². The van der Waals surface area contributed by atoms with Gasteiger partial charge in [0.1, 0.15) is 10.8 Å². The van der Waals surface area contributed by atoms with Crippen molar-refractivity contribution >= 4 is 28.5 Å². The monoisotopic (exact) mass is 301 g/mol. The molecule has 0 aliphatic heterocycles. The van der Waals surface area contributed by atoms with Crippen LogP contribution in [0.25, 0.3) is 10.8 Å². The third kappa shape index (κ3) is 2.57.